The first-order chi connectivity index (χ1) is 10.4. The molecule has 0 saturated carbocycles. The first-order valence-electron chi connectivity index (χ1n) is 7.21. The predicted octanol–water partition coefficient (Wildman–Crippen LogP) is 3.29. The van der Waals surface area contributed by atoms with Crippen molar-refractivity contribution < 1.29 is 9.53 Å². The molecule has 23 heavy (non-hydrogen) atoms. The molecule has 4 nitrogen and oxygen atoms in total. The SMILES string of the molecule is COc1ccccc1C(C)(C)NC(=O)Cc1ccc(N)cc1.Cl. The van der Waals surface area contributed by atoms with Crippen molar-refractivity contribution in [3.8, 4) is 5.75 Å². The normalized spacial score (nSPS) is 10.6. The van der Waals surface area contributed by atoms with Crippen LogP contribution in [0.15, 0.2) is 48.5 Å². The summed E-state index contributed by atoms with van der Waals surface area (Å²) in [4.78, 5) is 12.3. The van der Waals surface area contributed by atoms with Gasteiger partial charge in [-0.2, -0.15) is 0 Å². The Morgan fingerprint density at radius 2 is 1.74 bits per heavy atom. The number of carbonyl (C=O) groups excluding carboxylic acids is 1. The van der Waals surface area contributed by atoms with Gasteiger partial charge in [-0.15, -0.1) is 12.4 Å². The van der Waals surface area contributed by atoms with E-state index in [1.807, 2.05) is 50.2 Å². The molecule has 0 aliphatic rings. The van der Waals surface area contributed by atoms with Gasteiger partial charge in [-0.1, -0.05) is 30.3 Å². The zero-order chi connectivity index (χ0) is 16.2. The zero-order valence-corrected chi connectivity index (χ0v) is 14.4. The molecular formula is C18H23ClN2O2. The summed E-state index contributed by atoms with van der Waals surface area (Å²) in [6.45, 7) is 3.93. The number of halogens is 1. The molecule has 0 aromatic heterocycles. The summed E-state index contributed by atoms with van der Waals surface area (Å²) in [5, 5.41) is 3.06. The van der Waals surface area contributed by atoms with Gasteiger partial charge < -0.3 is 15.8 Å². The molecule has 2 rings (SSSR count). The molecule has 0 heterocycles. The monoisotopic (exact) mass is 334 g/mol. The largest absolute Gasteiger partial charge is 0.496 e. The Hall–Kier alpha value is -2.20. The van der Waals surface area contributed by atoms with E-state index in [9.17, 15) is 4.79 Å². The Balaban J connectivity index is 0.00000264. The Labute approximate surface area is 143 Å². The lowest BCUT2D eigenvalue weighted by Gasteiger charge is -2.28. The van der Waals surface area contributed by atoms with Gasteiger partial charge >= 0.3 is 0 Å². The van der Waals surface area contributed by atoms with Gasteiger partial charge in [0.1, 0.15) is 5.75 Å². The van der Waals surface area contributed by atoms with Gasteiger partial charge in [0, 0.05) is 11.3 Å². The standard InChI is InChI=1S/C18H22N2O2.ClH/c1-18(2,15-6-4-5-7-16(15)22-3)20-17(21)12-13-8-10-14(19)11-9-13;/h4-11H,12,19H2,1-3H3,(H,20,21);1H. The van der Waals surface area contributed by atoms with E-state index in [2.05, 4.69) is 5.32 Å². The molecule has 0 bridgehead atoms. The van der Waals surface area contributed by atoms with Crippen LogP contribution in [-0.4, -0.2) is 13.0 Å². The summed E-state index contributed by atoms with van der Waals surface area (Å²) >= 11 is 0. The van der Waals surface area contributed by atoms with Crippen molar-refractivity contribution >= 4 is 24.0 Å². The number of methoxy groups -OCH3 is 1. The van der Waals surface area contributed by atoms with Crippen molar-refractivity contribution in [2.75, 3.05) is 12.8 Å². The van der Waals surface area contributed by atoms with E-state index >= 15 is 0 Å². The maximum Gasteiger partial charge on any atom is 0.225 e. The third-order valence-corrected chi connectivity index (χ3v) is 3.58. The van der Waals surface area contributed by atoms with Crippen molar-refractivity contribution in [2.24, 2.45) is 0 Å². The smallest absolute Gasteiger partial charge is 0.225 e. The highest BCUT2D eigenvalue weighted by Gasteiger charge is 2.25. The van der Waals surface area contributed by atoms with E-state index in [0.29, 0.717) is 12.1 Å². The molecule has 0 aliphatic heterocycles. The highest BCUT2D eigenvalue weighted by atomic mass is 35.5. The van der Waals surface area contributed by atoms with E-state index in [0.717, 1.165) is 16.9 Å². The summed E-state index contributed by atoms with van der Waals surface area (Å²) in [5.74, 6) is 0.723. The molecule has 0 radical (unpaired) electrons. The van der Waals surface area contributed by atoms with Crippen LogP contribution in [0.3, 0.4) is 0 Å². The Morgan fingerprint density at radius 1 is 1.13 bits per heavy atom. The van der Waals surface area contributed by atoms with Crippen LogP contribution in [0.4, 0.5) is 5.69 Å². The number of anilines is 1. The molecule has 2 aromatic rings. The maximum atomic E-state index is 12.3. The fourth-order valence-corrected chi connectivity index (χ4v) is 2.44. The number of para-hydroxylation sites is 1. The lowest BCUT2D eigenvalue weighted by molar-refractivity contribution is -0.122. The second-order valence-corrected chi connectivity index (χ2v) is 5.79. The topological polar surface area (TPSA) is 64.3 Å². The number of nitrogen functional groups attached to an aromatic ring is 1. The zero-order valence-electron chi connectivity index (χ0n) is 13.6. The van der Waals surface area contributed by atoms with Crippen LogP contribution in [0, 0.1) is 0 Å². The minimum atomic E-state index is -0.516. The van der Waals surface area contributed by atoms with Crippen LogP contribution < -0.4 is 15.8 Å². The maximum absolute atomic E-state index is 12.3. The van der Waals surface area contributed by atoms with Gasteiger partial charge in [-0.3, -0.25) is 4.79 Å². The summed E-state index contributed by atoms with van der Waals surface area (Å²) < 4.78 is 5.38. The average Bonchev–Trinajstić information content (AvgIpc) is 2.49. The summed E-state index contributed by atoms with van der Waals surface area (Å²) in [6.07, 6.45) is 0.318. The predicted molar refractivity (Wildman–Crippen MR) is 96.0 cm³/mol. The molecular weight excluding hydrogens is 312 g/mol. The van der Waals surface area contributed by atoms with E-state index in [4.69, 9.17) is 10.5 Å². The van der Waals surface area contributed by atoms with Gasteiger partial charge in [0.15, 0.2) is 0 Å². The molecule has 5 heteroatoms. The van der Waals surface area contributed by atoms with E-state index in [1.165, 1.54) is 0 Å². The Kier molecular flexibility index (Phi) is 6.46. The number of hydrogen-bond donors (Lipinski definition) is 2. The van der Waals surface area contributed by atoms with Crippen molar-refractivity contribution in [1.29, 1.82) is 0 Å². The molecule has 1 amide bonds. The fourth-order valence-electron chi connectivity index (χ4n) is 2.44. The molecule has 0 spiro atoms. The van der Waals surface area contributed by atoms with Crippen molar-refractivity contribution in [1.82, 2.24) is 5.32 Å². The molecule has 0 unspecified atom stereocenters. The van der Waals surface area contributed by atoms with Crippen LogP contribution in [0.5, 0.6) is 5.75 Å². The number of hydrogen-bond acceptors (Lipinski definition) is 3. The lowest BCUT2D eigenvalue weighted by atomic mass is 9.93. The molecule has 3 N–H and O–H groups in total. The third kappa shape index (κ3) is 4.89. The van der Waals surface area contributed by atoms with Gasteiger partial charge in [-0.25, -0.2) is 0 Å². The fraction of sp³-hybridized carbons (Fsp3) is 0.278. The van der Waals surface area contributed by atoms with Gasteiger partial charge in [0.05, 0.1) is 19.1 Å². The molecule has 0 fully saturated rings. The van der Waals surface area contributed by atoms with Crippen LogP contribution in [0.1, 0.15) is 25.0 Å². The minimum absolute atomic E-state index is 0. The summed E-state index contributed by atoms with van der Waals surface area (Å²) in [5.41, 5.74) is 7.71. The molecule has 0 aliphatic carbocycles. The quantitative estimate of drug-likeness (QED) is 0.825. The number of nitrogens with one attached hydrogen (secondary N) is 1. The van der Waals surface area contributed by atoms with Crippen molar-refractivity contribution in [2.45, 2.75) is 25.8 Å². The third-order valence-electron chi connectivity index (χ3n) is 3.58. The second kappa shape index (κ2) is 7.88. The summed E-state index contributed by atoms with van der Waals surface area (Å²) in [6, 6.07) is 15.0. The van der Waals surface area contributed by atoms with Gasteiger partial charge in [0.2, 0.25) is 5.91 Å². The van der Waals surface area contributed by atoms with E-state index in [-0.39, 0.29) is 18.3 Å². The van der Waals surface area contributed by atoms with Gasteiger partial charge in [0.25, 0.3) is 0 Å². The first-order valence-corrected chi connectivity index (χ1v) is 7.21. The minimum Gasteiger partial charge on any atom is -0.496 e. The number of rotatable bonds is 5. The van der Waals surface area contributed by atoms with Crippen LogP contribution in [-0.2, 0) is 16.8 Å². The molecule has 124 valence electrons. The molecule has 2 aromatic carbocycles. The Morgan fingerprint density at radius 3 is 2.35 bits per heavy atom. The van der Waals surface area contributed by atoms with E-state index < -0.39 is 5.54 Å². The van der Waals surface area contributed by atoms with Crippen molar-refractivity contribution in [3.63, 3.8) is 0 Å². The second-order valence-electron chi connectivity index (χ2n) is 5.79. The molecule has 0 saturated heterocycles. The highest BCUT2D eigenvalue weighted by Crippen LogP contribution is 2.29. The number of ether oxygens (including phenoxy) is 1. The van der Waals surface area contributed by atoms with Crippen LogP contribution in [0.2, 0.25) is 0 Å². The first kappa shape index (κ1) is 18.8. The average molecular weight is 335 g/mol. The van der Waals surface area contributed by atoms with E-state index in [1.54, 1.807) is 19.2 Å². The number of nitrogens with two attached hydrogens (primary N) is 1. The van der Waals surface area contributed by atoms with Crippen molar-refractivity contribution in [3.05, 3.63) is 59.7 Å². The van der Waals surface area contributed by atoms with Crippen LogP contribution in [0.25, 0.3) is 0 Å². The van der Waals surface area contributed by atoms with Gasteiger partial charge in [-0.05, 0) is 37.6 Å². The lowest BCUT2D eigenvalue weighted by Crippen LogP contribution is -2.42. The Bertz CT molecular complexity index is 654. The summed E-state index contributed by atoms with van der Waals surface area (Å²) in [7, 11) is 1.63. The molecule has 0 atom stereocenters. The number of carbonyl (C=O) groups is 1. The van der Waals surface area contributed by atoms with Crippen LogP contribution >= 0.6 is 12.4 Å². The highest BCUT2D eigenvalue weighted by molar-refractivity contribution is 5.85. The number of benzene rings is 2. The number of amides is 1.